The van der Waals surface area contributed by atoms with Gasteiger partial charge in [-0.1, -0.05) is 17.7 Å². The van der Waals surface area contributed by atoms with E-state index in [0.29, 0.717) is 17.7 Å². The molecule has 1 aromatic carbocycles. The summed E-state index contributed by atoms with van der Waals surface area (Å²) in [7, 11) is 0. The molecule has 136 valence electrons. The highest BCUT2D eigenvalue weighted by molar-refractivity contribution is 6.31. The number of carbonyl (C=O) groups excluding carboxylic acids is 2. The van der Waals surface area contributed by atoms with E-state index in [-0.39, 0.29) is 23.2 Å². The first kappa shape index (κ1) is 18.1. The van der Waals surface area contributed by atoms with E-state index in [1.54, 1.807) is 19.1 Å². The molecule has 0 aliphatic carbocycles. The second-order valence-corrected chi connectivity index (χ2v) is 6.15. The van der Waals surface area contributed by atoms with Crippen LogP contribution < -0.4 is 10.1 Å². The Morgan fingerprint density at radius 2 is 2.15 bits per heavy atom. The molecule has 0 saturated carbocycles. The number of esters is 1. The molecule has 6 nitrogen and oxygen atoms in total. The number of pyridine rings is 1. The first-order chi connectivity index (χ1) is 12.4. The van der Waals surface area contributed by atoms with Gasteiger partial charge in [0.25, 0.3) is 0 Å². The molecule has 1 aliphatic heterocycles. The molecule has 1 N–H and O–H groups in total. The first-order valence-corrected chi connectivity index (χ1v) is 8.30. The number of rotatable bonds is 5. The van der Waals surface area contributed by atoms with Gasteiger partial charge in [-0.15, -0.1) is 0 Å². The van der Waals surface area contributed by atoms with Crippen molar-refractivity contribution < 1.29 is 23.5 Å². The zero-order chi connectivity index (χ0) is 18.9. The largest absolute Gasteiger partial charge is 0.478 e. The van der Waals surface area contributed by atoms with Gasteiger partial charge in [0.2, 0.25) is 11.8 Å². The van der Waals surface area contributed by atoms with E-state index in [2.05, 4.69) is 10.3 Å². The molecule has 1 unspecified atom stereocenters. The van der Waals surface area contributed by atoms with Crippen LogP contribution in [0.15, 0.2) is 30.5 Å². The van der Waals surface area contributed by atoms with Gasteiger partial charge in [-0.05, 0) is 25.1 Å². The molecule has 2 aromatic rings. The van der Waals surface area contributed by atoms with Gasteiger partial charge in [0.05, 0.1) is 11.6 Å². The van der Waals surface area contributed by atoms with E-state index in [4.69, 9.17) is 21.1 Å². The molecule has 26 heavy (non-hydrogen) atoms. The van der Waals surface area contributed by atoms with Crippen LogP contribution in [0.5, 0.6) is 5.88 Å². The highest BCUT2D eigenvalue weighted by Gasteiger charge is 2.52. The average molecular weight is 379 g/mol. The van der Waals surface area contributed by atoms with Crippen molar-refractivity contribution in [2.75, 3.05) is 18.5 Å². The highest BCUT2D eigenvalue weighted by Crippen LogP contribution is 2.47. The van der Waals surface area contributed by atoms with Gasteiger partial charge in [-0.2, -0.15) is 0 Å². The lowest BCUT2D eigenvalue weighted by atomic mass is 9.76. The van der Waals surface area contributed by atoms with Gasteiger partial charge in [-0.3, -0.25) is 9.59 Å². The van der Waals surface area contributed by atoms with E-state index >= 15 is 0 Å². The van der Waals surface area contributed by atoms with Crippen LogP contribution in [0.3, 0.4) is 0 Å². The van der Waals surface area contributed by atoms with Crippen LogP contribution in [0, 0.1) is 5.82 Å². The number of anilines is 1. The number of amides is 1. The lowest BCUT2D eigenvalue weighted by molar-refractivity contribution is -0.143. The van der Waals surface area contributed by atoms with Gasteiger partial charge in [0.15, 0.2) is 0 Å². The quantitative estimate of drug-likeness (QED) is 0.809. The number of carbonyl (C=O) groups is 2. The van der Waals surface area contributed by atoms with E-state index < -0.39 is 23.1 Å². The predicted molar refractivity (Wildman–Crippen MR) is 92.9 cm³/mol. The maximum atomic E-state index is 13.9. The Bertz CT molecular complexity index is 889. The molecular weight excluding hydrogens is 363 g/mol. The zero-order valence-electron chi connectivity index (χ0n) is 14.1. The summed E-state index contributed by atoms with van der Waals surface area (Å²) in [6.45, 7) is 3.05. The summed E-state index contributed by atoms with van der Waals surface area (Å²) in [5.74, 6) is -1.47. The molecule has 0 bridgehead atoms. The number of nitrogens with zero attached hydrogens (tertiary/aromatic N) is 1. The minimum absolute atomic E-state index is 0.144. The van der Waals surface area contributed by atoms with Crippen molar-refractivity contribution in [1.82, 2.24) is 4.98 Å². The topological polar surface area (TPSA) is 77.5 Å². The number of nitrogens with one attached hydrogen (secondary N) is 1. The fraction of sp³-hybridized carbons (Fsp3) is 0.278. The summed E-state index contributed by atoms with van der Waals surface area (Å²) >= 11 is 5.95. The Morgan fingerprint density at radius 1 is 1.38 bits per heavy atom. The van der Waals surface area contributed by atoms with Crippen LogP contribution in [0.2, 0.25) is 5.02 Å². The van der Waals surface area contributed by atoms with Gasteiger partial charge < -0.3 is 14.8 Å². The fourth-order valence-corrected chi connectivity index (χ4v) is 3.18. The van der Waals surface area contributed by atoms with Crippen molar-refractivity contribution in [2.45, 2.75) is 19.3 Å². The number of hydrogen-bond donors (Lipinski definition) is 1. The molecule has 0 saturated heterocycles. The van der Waals surface area contributed by atoms with E-state index in [9.17, 15) is 14.0 Å². The minimum Gasteiger partial charge on any atom is -0.478 e. The van der Waals surface area contributed by atoms with Crippen LogP contribution in [-0.4, -0.2) is 30.1 Å². The summed E-state index contributed by atoms with van der Waals surface area (Å²) in [5, 5.41) is 2.49. The summed E-state index contributed by atoms with van der Waals surface area (Å²) in [6.07, 6.45) is 1.53. The van der Waals surface area contributed by atoms with Gasteiger partial charge >= 0.3 is 5.97 Å². The monoisotopic (exact) mass is 378 g/mol. The van der Waals surface area contributed by atoms with Crippen molar-refractivity contribution in [3.8, 4) is 5.88 Å². The minimum atomic E-state index is -1.45. The third-order valence-corrected chi connectivity index (χ3v) is 4.45. The fourth-order valence-electron chi connectivity index (χ4n) is 3.02. The standard InChI is InChI=1S/C18H16ClFN2O4/c1-3-25-16-11(5-4-6-21-16)18(9-26-10(2)23)12-7-13(19)14(20)8-15(12)22-17(18)24/h4-8H,3,9H2,1-2H3,(H,22,24). The molecule has 8 heteroatoms. The molecule has 0 spiro atoms. The van der Waals surface area contributed by atoms with Gasteiger partial charge in [0, 0.05) is 29.9 Å². The van der Waals surface area contributed by atoms with E-state index in [1.807, 2.05) is 0 Å². The van der Waals surface area contributed by atoms with Crippen molar-refractivity contribution in [2.24, 2.45) is 0 Å². The average Bonchev–Trinajstić information content (AvgIpc) is 2.86. The van der Waals surface area contributed by atoms with Crippen molar-refractivity contribution in [3.05, 3.63) is 52.4 Å². The number of ether oxygens (including phenoxy) is 2. The van der Waals surface area contributed by atoms with E-state index in [0.717, 1.165) is 6.07 Å². The second-order valence-electron chi connectivity index (χ2n) is 5.74. The molecule has 2 heterocycles. The van der Waals surface area contributed by atoms with Crippen LogP contribution >= 0.6 is 11.6 Å². The summed E-state index contributed by atoms with van der Waals surface area (Å²) in [6, 6.07) is 5.80. The zero-order valence-corrected chi connectivity index (χ0v) is 14.9. The maximum Gasteiger partial charge on any atom is 0.302 e. The Balaban J connectivity index is 2.27. The first-order valence-electron chi connectivity index (χ1n) is 7.92. The highest BCUT2D eigenvalue weighted by atomic mass is 35.5. The number of hydrogen-bond acceptors (Lipinski definition) is 5. The second kappa shape index (κ2) is 6.92. The molecule has 1 aliphatic rings. The van der Waals surface area contributed by atoms with Crippen LogP contribution in [0.1, 0.15) is 25.0 Å². The maximum absolute atomic E-state index is 13.9. The number of benzene rings is 1. The van der Waals surface area contributed by atoms with Gasteiger partial charge in [0.1, 0.15) is 17.8 Å². The van der Waals surface area contributed by atoms with Crippen LogP contribution in [0.4, 0.5) is 10.1 Å². The summed E-state index contributed by atoms with van der Waals surface area (Å²) in [4.78, 5) is 28.6. The third kappa shape index (κ3) is 2.88. The third-order valence-electron chi connectivity index (χ3n) is 4.16. The molecule has 3 rings (SSSR count). The number of halogens is 2. The molecule has 1 amide bonds. The smallest absolute Gasteiger partial charge is 0.302 e. The summed E-state index contributed by atoms with van der Waals surface area (Å²) < 4.78 is 24.6. The normalized spacial score (nSPS) is 18.2. The van der Waals surface area contributed by atoms with Crippen molar-refractivity contribution in [3.63, 3.8) is 0 Å². The Labute approximate surface area is 154 Å². The van der Waals surface area contributed by atoms with Crippen molar-refractivity contribution >= 4 is 29.2 Å². The number of aromatic nitrogens is 1. The lowest BCUT2D eigenvalue weighted by Crippen LogP contribution is -2.41. The molecule has 0 fully saturated rings. The van der Waals surface area contributed by atoms with E-state index in [1.165, 1.54) is 19.2 Å². The van der Waals surface area contributed by atoms with Gasteiger partial charge in [-0.25, -0.2) is 9.37 Å². The number of fused-ring (bicyclic) bond motifs is 1. The Morgan fingerprint density at radius 3 is 2.85 bits per heavy atom. The molecular formula is C18H16ClFN2O4. The Hall–Kier alpha value is -2.67. The van der Waals surface area contributed by atoms with Crippen molar-refractivity contribution in [1.29, 1.82) is 0 Å². The SMILES string of the molecule is CCOc1ncccc1C1(COC(C)=O)C(=O)Nc2cc(F)c(Cl)cc21. The predicted octanol–water partition coefficient (Wildman–Crippen LogP) is 3.07. The van der Waals surface area contributed by atoms with Crippen LogP contribution in [-0.2, 0) is 19.7 Å². The molecule has 0 radical (unpaired) electrons. The molecule has 1 atom stereocenters. The summed E-state index contributed by atoms with van der Waals surface area (Å²) in [5.41, 5.74) is -0.390. The molecule has 1 aromatic heterocycles. The van der Waals surface area contributed by atoms with Crippen LogP contribution in [0.25, 0.3) is 0 Å². The lowest BCUT2D eigenvalue weighted by Gasteiger charge is -2.28. The Kier molecular flexibility index (Phi) is 4.82.